The van der Waals surface area contributed by atoms with E-state index in [4.69, 9.17) is 0 Å². The fourth-order valence-electron chi connectivity index (χ4n) is 4.18. The number of nitrogens with one attached hydrogen (secondary N) is 1. The third-order valence-electron chi connectivity index (χ3n) is 5.82. The minimum Gasteiger partial charge on any atom is -0.367 e. The van der Waals surface area contributed by atoms with E-state index in [1.807, 2.05) is 39.5 Å². The van der Waals surface area contributed by atoms with E-state index in [0.29, 0.717) is 24.6 Å². The molecule has 1 saturated heterocycles. The lowest BCUT2D eigenvalue weighted by Crippen LogP contribution is -2.49. The Morgan fingerprint density at radius 3 is 2.54 bits per heavy atom. The van der Waals surface area contributed by atoms with Crippen molar-refractivity contribution in [3.63, 3.8) is 0 Å². The van der Waals surface area contributed by atoms with E-state index < -0.39 is 12.2 Å². The predicted octanol–water partition coefficient (Wildman–Crippen LogP) is 4.36. The fourth-order valence-corrected chi connectivity index (χ4v) is 4.18. The number of aromatic nitrogens is 2. The number of carbonyl (C=O) groups is 1. The lowest BCUT2D eigenvalue weighted by atomic mass is 9.85. The summed E-state index contributed by atoms with van der Waals surface area (Å²) in [5.41, 5.74) is 0.313. The summed E-state index contributed by atoms with van der Waals surface area (Å²) < 4.78 is 42.6. The van der Waals surface area contributed by atoms with Crippen LogP contribution in [0.15, 0.2) is 6.07 Å². The van der Waals surface area contributed by atoms with E-state index in [0.717, 1.165) is 17.5 Å². The van der Waals surface area contributed by atoms with Gasteiger partial charge in [-0.15, -0.1) is 0 Å². The topological polar surface area (TPSA) is 50.2 Å². The Balaban J connectivity index is 1.86. The number of likely N-dealkylation sites (tertiary alicyclic amines) is 1. The predicted molar refractivity (Wildman–Crippen MR) is 102 cm³/mol. The summed E-state index contributed by atoms with van der Waals surface area (Å²) in [5.74, 6) is 0.406. The first-order valence-corrected chi connectivity index (χ1v) is 10.1. The van der Waals surface area contributed by atoms with Gasteiger partial charge in [-0.25, -0.2) is 4.68 Å². The van der Waals surface area contributed by atoms with Gasteiger partial charge in [-0.2, -0.15) is 18.3 Å². The van der Waals surface area contributed by atoms with Crippen molar-refractivity contribution < 1.29 is 18.0 Å². The van der Waals surface area contributed by atoms with E-state index >= 15 is 0 Å². The van der Waals surface area contributed by atoms with Gasteiger partial charge in [0.25, 0.3) is 0 Å². The lowest BCUT2D eigenvalue weighted by Gasteiger charge is -2.42. The SMILES string of the molecule is CC(C)C(=O)N1CCCC([C@@H]2C[C@H](C(F)(F)F)n3nc(C(C)(C)C)cc3N2)C1. The maximum Gasteiger partial charge on any atom is 0.410 e. The molecule has 1 fully saturated rings. The van der Waals surface area contributed by atoms with Crippen LogP contribution in [-0.2, 0) is 10.2 Å². The number of halogens is 3. The van der Waals surface area contributed by atoms with Crippen LogP contribution in [0.1, 0.15) is 65.6 Å². The van der Waals surface area contributed by atoms with Crippen molar-refractivity contribution in [3.05, 3.63) is 11.8 Å². The zero-order valence-electron chi connectivity index (χ0n) is 17.3. The third-order valence-corrected chi connectivity index (χ3v) is 5.82. The molecule has 0 aliphatic carbocycles. The standard InChI is InChI=1S/C20H31F3N4O/c1-12(2)18(28)26-8-6-7-13(11-26)14-9-16(20(21,22)23)27-17(24-14)10-15(25-27)19(3,4)5/h10,12-14,16,24H,6-9,11H2,1-5H3/t13?,14-,16+/m0/s1. The fraction of sp³-hybridized carbons (Fsp3) is 0.800. The number of hydrogen-bond donors (Lipinski definition) is 1. The molecule has 0 radical (unpaired) electrons. The summed E-state index contributed by atoms with van der Waals surface area (Å²) in [5, 5.41) is 7.60. The van der Waals surface area contributed by atoms with Crippen LogP contribution in [0.2, 0.25) is 0 Å². The number of anilines is 1. The number of piperidine rings is 1. The van der Waals surface area contributed by atoms with E-state index in [9.17, 15) is 18.0 Å². The van der Waals surface area contributed by atoms with Crippen molar-refractivity contribution in [3.8, 4) is 0 Å². The van der Waals surface area contributed by atoms with Crippen LogP contribution in [-0.4, -0.2) is 45.9 Å². The van der Waals surface area contributed by atoms with E-state index in [-0.39, 0.29) is 35.6 Å². The molecule has 3 rings (SSSR count). The minimum absolute atomic E-state index is 0.00281. The highest BCUT2D eigenvalue weighted by Crippen LogP contribution is 2.43. The number of carbonyl (C=O) groups excluding carboxylic acids is 1. The molecule has 3 atom stereocenters. The molecule has 0 bridgehead atoms. The average molecular weight is 400 g/mol. The Morgan fingerprint density at radius 2 is 1.96 bits per heavy atom. The van der Waals surface area contributed by atoms with Gasteiger partial charge in [0, 0.05) is 36.5 Å². The summed E-state index contributed by atoms with van der Waals surface area (Å²) in [6.45, 7) is 10.7. The number of alkyl halides is 3. The van der Waals surface area contributed by atoms with Crippen LogP contribution in [0.3, 0.4) is 0 Å². The van der Waals surface area contributed by atoms with Gasteiger partial charge in [-0.1, -0.05) is 34.6 Å². The van der Waals surface area contributed by atoms with Gasteiger partial charge in [0.2, 0.25) is 5.91 Å². The molecule has 1 aromatic rings. The molecule has 5 nitrogen and oxygen atoms in total. The summed E-state index contributed by atoms with van der Waals surface area (Å²) >= 11 is 0. The van der Waals surface area contributed by atoms with E-state index in [1.165, 1.54) is 0 Å². The number of fused-ring (bicyclic) bond motifs is 1. The van der Waals surface area contributed by atoms with Crippen molar-refractivity contribution in [2.75, 3.05) is 18.4 Å². The van der Waals surface area contributed by atoms with Gasteiger partial charge in [-0.05, 0) is 25.2 Å². The molecule has 158 valence electrons. The van der Waals surface area contributed by atoms with Gasteiger partial charge in [0.15, 0.2) is 6.04 Å². The van der Waals surface area contributed by atoms with Gasteiger partial charge in [0.05, 0.1) is 5.69 Å². The molecule has 3 heterocycles. The zero-order valence-corrected chi connectivity index (χ0v) is 17.3. The smallest absolute Gasteiger partial charge is 0.367 e. The lowest BCUT2D eigenvalue weighted by molar-refractivity contribution is -0.175. The second-order valence-electron chi connectivity index (χ2n) is 9.49. The molecule has 1 N–H and O–H groups in total. The number of amides is 1. The van der Waals surface area contributed by atoms with Crippen LogP contribution in [0.4, 0.5) is 19.0 Å². The molecule has 8 heteroatoms. The molecule has 0 spiro atoms. The summed E-state index contributed by atoms with van der Waals surface area (Å²) in [4.78, 5) is 14.2. The van der Waals surface area contributed by atoms with Crippen LogP contribution in [0.5, 0.6) is 0 Å². The third kappa shape index (κ3) is 4.15. The molecule has 2 aliphatic heterocycles. The molecule has 0 saturated carbocycles. The second kappa shape index (κ2) is 7.26. The largest absolute Gasteiger partial charge is 0.410 e. The summed E-state index contributed by atoms with van der Waals surface area (Å²) in [6.07, 6.45) is -2.77. The Bertz CT molecular complexity index is 720. The first kappa shape index (κ1) is 21.0. The quantitative estimate of drug-likeness (QED) is 0.802. The Kier molecular flexibility index (Phi) is 5.44. The molecular formula is C20H31F3N4O. The second-order valence-corrected chi connectivity index (χ2v) is 9.49. The molecule has 1 amide bonds. The number of hydrogen-bond acceptors (Lipinski definition) is 3. The van der Waals surface area contributed by atoms with Crippen molar-refractivity contribution in [1.29, 1.82) is 0 Å². The van der Waals surface area contributed by atoms with E-state index in [1.54, 1.807) is 6.07 Å². The van der Waals surface area contributed by atoms with Crippen molar-refractivity contribution in [1.82, 2.24) is 14.7 Å². The highest BCUT2D eigenvalue weighted by Gasteiger charge is 2.48. The van der Waals surface area contributed by atoms with Gasteiger partial charge in [0.1, 0.15) is 5.82 Å². The summed E-state index contributed by atoms with van der Waals surface area (Å²) in [7, 11) is 0. The zero-order chi connectivity index (χ0) is 20.9. The monoisotopic (exact) mass is 400 g/mol. The first-order chi connectivity index (χ1) is 12.9. The van der Waals surface area contributed by atoms with Crippen LogP contribution < -0.4 is 5.32 Å². The highest BCUT2D eigenvalue weighted by atomic mass is 19.4. The highest BCUT2D eigenvalue weighted by molar-refractivity contribution is 5.78. The molecule has 2 aliphatic rings. The Labute approximate surface area is 164 Å². The first-order valence-electron chi connectivity index (χ1n) is 10.1. The molecule has 28 heavy (non-hydrogen) atoms. The van der Waals surface area contributed by atoms with Crippen molar-refractivity contribution in [2.24, 2.45) is 11.8 Å². The minimum atomic E-state index is -4.36. The van der Waals surface area contributed by atoms with Gasteiger partial charge >= 0.3 is 6.18 Å². The van der Waals surface area contributed by atoms with Gasteiger partial charge < -0.3 is 10.2 Å². The van der Waals surface area contributed by atoms with Crippen LogP contribution in [0.25, 0.3) is 0 Å². The normalized spacial score (nSPS) is 26.2. The van der Waals surface area contributed by atoms with Gasteiger partial charge in [-0.3, -0.25) is 4.79 Å². The molecule has 0 aromatic carbocycles. The average Bonchev–Trinajstić information content (AvgIpc) is 3.03. The Morgan fingerprint density at radius 1 is 1.29 bits per heavy atom. The van der Waals surface area contributed by atoms with Crippen molar-refractivity contribution >= 4 is 11.7 Å². The summed E-state index contributed by atoms with van der Waals surface area (Å²) in [6, 6.07) is -0.225. The molecule has 1 unspecified atom stereocenters. The molecular weight excluding hydrogens is 369 g/mol. The maximum absolute atomic E-state index is 13.8. The van der Waals surface area contributed by atoms with Crippen molar-refractivity contribution in [2.45, 2.75) is 77.6 Å². The van der Waals surface area contributed by atoms with E-state index in [2.05, 4.69) is 10.4 Å². The Hall–Kier alpha value is -1.73. The van der Waals surface area contributed by atoms with Crippen LogP contribution in [0, 0.1) is 11.8 Å². The molecule has 1 aromatic heterocycles. The van der Waals surface area contributed by atoms with Crippen LogP contribution >= 0.6 is 0 Å². The number of nitrogens with zero attached hydrogens (tertiary/aromatic N) is 3. The number of rotatable bonds is 2. The maximum atomic E-state index is 13.8.